The Morgan fingerprint density at radius 1 is 1.19 bits per heavy atom. The van der Waals surface area contributed by atoms with Crippen LogP contribution in [-0.2, 0) is 16.0 Å². The second-order valence-electron chi connectivity index (χ2n) is 4.31. The van der Waals surface area contributed by atoms with Gasteiger partial charge in [0.05, 0.1) is 5.56 Å². The Hall–Kier alpha value is -2.21. The van der Waals surface area contributed by atoms with Crippen molar-refractivity contribution >= 4 is 23.2 Å². The molecule has 0 aliphatic rings. The molecular weight excluding hydrogens is 293 g/mol. The van der Waals surface area contributed by atoms with Crippen molar-refractivity contribution in [1.29, 1.82) is 0 Å². The Morgan fingerprint density at radius 2 is 1.95 bits per heavy atom. The van der Waals surface area contributed by atoms with Crippen LogP contribution in [0, 0.1) is 5.82 Å². The fourth-order valence-electron chi connectivity index (χ4n) is 1.64. The van der Waals surface area contributed by atoms with Gasteiger partial charge in [-0.05, 0) is 35.6 Å². The highest BCUT2D eigenvalue weighted by Gasteiger charge is 2.09. The highest BCUT2D eigenvalue weighted by Crippen LogP contribution is 2.07. The number of halogens is 1. The van der Waals surface area contributed by atoms with E-state index in [1.165, 1.54) is 23.5 Å². The fourth-order valence-corrected chi connectivity index (χ4v) is 2.27. The van der Waals surface area contributed by atoms with Crippen molar-refractivity contribution in [2.45, 2.75) is 6.42 Å². The summed E-state index contributed by atoms with van der Waals surface area (Å²) in [6.45, 7) is 0.0958. The first-order valence-electron chi connectivity index (χ1n) is 6.35. The minimum Gasteiger partial charge on any atom is -0.452 e. The van der Waals surface area contributed by atoms with Crippen LogP contribution in [0.15, 0.2) is 41.1 Å². The average Bonchev–Trinajstić information content (AvgIpc) is 3.01. The van der Waals surface area contributed by atoms with Gasteiger partial charge in [-0.2, -0.15) is 11.3 Å². The zero-order valence-corrected chi connectivity index (χ0v) is 12.0. The molecule has 0 saturated carbocycles. The van der Waals surface area contributed by atoms with E-state index in [1.807, 2.05) is 0 Å². The van der Waals surface area contributed by atoms with Crippen LogP contribution in [0.1, 0.15) is 15.9 Å². The van der Waals surface area contributed by atoms with Crippen LogP contribution in [0.4, 0.5) is 4.39 Å². The van der Waals surface area contributed by atoms with Gasteiger partial charge < -0.3 is 10.1 Å². The number of amides is 1. The molecule has 1 amide bonds. The highest BCUT2D eigenvalue weighted by atomic mass is 32.1. The van der Waals surface area contributed by atoms with Crippen molar-refractivity contribution in [3.05, 3.63) is 58.0 Å². The minimum absolute atomic E-state index is 0.289. The number of nitrogens with one attached hydrogen (secondary N) is 1. The standard InChI is InChI=1S/C15H14FNO3S/c16-13-3-1-11(2-4-13)5-7-17-14(18)9-20-15(19)12-6-8-21-10-12/h1-4,6,8,10H,5,7,9H2,(H,17,18). The van der Waals surface area contributed by atoms with Crippen molar-refractivity contribution in [3.8, 4) is 0 Å². The van der Waals surface area contributed by atoms with E-state index < -0.39 is 5.97 Å². The number of esters is 1. The first-order chi connectivity index (χ1) is 10.1. The molecule has 1 aromatic carbocycles. The third kappa shape index (κ3) is 5.00. The molecule has 4 nitrogen and oxygen atoms in total. The summed E-state index contributed by atoms with van der Waals surface area (Å²) in [4.78, 5) is 23.0. The van der Waals surface area contributed by atoms with Crippen LogP contribution in [0.3, 0.4) is 0 Å². The molecule has 0 spiro atoms. The molecule has 2 aromatic rings. The summed E-state index contributed by atoms with van der Waals surface area (Å²) in [5, 5.41) is 6.06. The van der Waals surface area contributed by atoms with E-state index in [0.29, 0.717) is 18.5 Å². The Morgan fingerprint density at radius 3 is 2.62 bits per heavy atom. The molecular formula is C15H14FNO3S. The lowest BCUT2D eigenvalue weighted by atomic mass is 10.1. The molecule has 21 heavy (non-hydrogen) atoms. The van der Waals surface area contributed by atoms with Gasteiger partial charge in [-0.15, -0.1) is 0 Å². The first-order valence-corrected chi connectivity index (χ1v) is 7.30. The van der Waals surface area contributed by atoms with Gasteiger partial charge in [0.2, 0.25) is 0 Å². The second kappa shape index (κ2) is 7.54. The molecule has 0 aliphatic carbocycles. The van der Waals surface area contributed by atoms with Crippen LogP contribution in [0.5, 0.6) is 0 Å². The summed E-state index contributed by atoms with van der Waals surface area (Å²) < 4.78 is 17.6. The molecule has 0 unspecified atom stereocenters. The molecule has 0 fully saturated rings. The number of hydrogen-bond acceptors (Lipinski definition) is 4. The van der Waals surface area contributed by atoms with Crippen LogP contribution in [-0.4, -0.2) is 25.0 Å². The van der Waals surface area contributed by atoms with Crippen LogP contribution < -0.4 is 5.32 Å². The third-order valence-corrected chi connectivity index (χ3v) is 3.42. The Kier molecular flexibility index (Phi) is 5.45. The van der Waals surface area contributed by atoms with Crippen molar-refractivity contribution in [1.82, 2.24) is 5.32 Å². The topological polar surface area (TPSA) is 55.4 Å². The minimum atomic E-state index is -0.509. The van der Waals surface area contributed by atoms with Gasteiger partial charge in [-0.25, -0.2) is 9.18 Å². The molecule has 0 atom stereocenters. The van der Waals surface area contributed by atoms with Crippen molar-refractivity contribution in [3.63, 3.8) is 0 Å². The van der Waals surface area contributed by atoms with E-state index in [-0.39, 0.29) is 18.3 Å². The Labute approximate surface area is 125 Å². The van der Waals surface area contributed by atoms with Crippen LogP contribution in [0.25, 0.3) is 0 Å². The maximum Gasteiger partial charge on any atom is 0.339 e. The number of thiophene rings is 1. The fraction of sp³-hybridized carbons (Fsp3) is 0.200. The van der Waals surface area contributed by atoms with Crippen molar-refractivity contribution in [2.24, 2.45) is 0 Å². The summed E-state index contributed by atoms with van der Waals surface area (Å²) in [7, 11) is 0. The monoisotopic (exact) mass is 307 g/mol. The van der Waals surface area contributed by atoms with Gasteiger partial charge in [0.1, 0.15) is 5.82 Å². The van der Waals surface area contributed by atoms with Gasteiger partial charge >= 0.3 is 5.97 Å². The van der Waals surface area contributed by atoms with E-state index in [9.17, 15) is 14.0 Å². The summed E-state index contributed by atoms with van der Waals surface area (Å²) >= 11 is 1.39. The number of benzene rings is 1. The maximum atomic E-state index is 12.7. The van der Waals surface area contributed by atoms with E-state index in [2.05, 4.69) is 5.32 Å². The zero-order valence-electron chi connectivity index (χ0n) is 11.2. The number of carbonyl (C=O) groups is 2. The molecule has 0 aliphatic heterocycles. The Balaban J connectivity index is 1.66. The van der Waals surface area contributed by atoms with Crippen LogP contribution >= 0.6 is 11.3 Å². The molecule has 0 bridgehead atoms. The molecule has 6 heteroatoms. The normalized spacial score (nSPS) is 10.1. The van der Waals surface area contributed by atoms with Crippen molar-refractivity contribution < 1.29 is 18.7 Å². The van der Waals surface area contributed by atoms with Gasteiger partial charge in [-0.1, -0.05) is 12.1 Å². The number of ether oxygens (including phenoxy) is 1. The lowest BCUT2D eigenvalue weighted by Crippen LogP contribution is -2.30. The maximum absolute atomic E-state index is 12.7. The molecule has 0 radical (unpaired) electrons. The number of carbonyl (C=O) groups excluding carboxylic acids is 2. The van der Waals surface area contributed by atoms with E-state index in [0.717, 1.165) is 5.56 Å². The van der Waals surface area contributed by atoms with Gasteiger partial charge in [0.15, 0.2) is 6.61 Å². The molecule has 1 N–H and O–H groups in total. The third-order valence-electron chi connectivity index (χ3n) is 2.74. The summed E-state index contributed by atoms with van der Waals surface area (Å²) in [6.07, 6.45) is 0.588. The predicted octanol–water partition coefficient (Wildman–Crippen LogP) is 2.40. The smallest absolute Gasteiger partial charge is 0.339 e. The van der Waals surface area contributed by atoms with Gasteiger partial charge in [-0.3, -0.25) is 4.79 Å². The van der Waals surface area contributed by atoms with Gasteiger partial charge in [0.25, 0.3) is 5.91 Å². The molecule has 1 aromatic heterocycles. The highest BCUT2D eigenvalue weighted by molar-refractivity contribution is 7.08. The Bertz CT molecular complexity index is 596. The molecule has 110 valence electrons. The predicted molar refractivity (Wildman–Crippen MR) is 77.7 cm³/mol. The van der Waals surface area contributed by atoms with Crippen LogP contribution in [0.2, 0.25) is 0 Å². The molecule has 0 saturated heterocycles. The lowest BCUT2D eigenvalue weighted by Gasteiger charge is -2.06. The molecule has 1 heterocycles. The zero-order chi connectivity index (χ0) is 15.1. The number of rotatable bonds is 6. The molecule has 2 rings (SSSR count). The lowest BCUT2D eigenvalue weighted by molar-refractivity contribution is -0.124. The van der Waals surface area contributed by atoms with E-state index in [4.69, 9.17) is 4.74 Å². The van der Waals surface area contributed by atoms with Gasteiger partial charge in [0, 0.05) is 11.9 Å². The van der Waals surface area contributed by atoms with E-state index in [1.54, 1.807) is 29.0 Å². The summed E-state index contributed by atoms with van der Waals surface area (Å²) in [5.74, 6) is -1.16. The largest absolute Gasteiger partial charge is 0.452 e. The average molecular weight is 307 g/mol. The number of hydrogen-bond donors (Lipinski definition) is 1. The quantitative estimate of drug-likeness (QED) is 0.834. The first kappa shape index (κ1) is 15.2. The van der Waals surface area contributed by atoms with Crippen molar-refractivity contribution in [2.75, 3.05) is 13.2 Å². The summed E-state index contributed by atoms with van der Waals surface area (Å²) in [6, 6.07) is 7.72. The SMILES string of the molecule is O=C(COC(=O)c1ccsc1)NCCc1ccc(F)cc1. The second-order valence-corrected chi connectivity index (χ2v) is 5.09. The van der Waals surface area contributed by atoms with E-state index >= 15 is 0 Å². The summed E-state index contributed by atoms with van der Waals surface area (Å²) in [5.41, 5.74) is 1.37.